The van der Waals surface area contributed by atoms with Crippen LogP contribution in [0.2, 0.25) is 0 Å². The number of carbonyl (C=O) groups is 2. The van der Waals surface area contributed by atoms with Crippen LogP contribution in [-0.4, -0.2) is 31.6 Å². The standard InChI is InChI=1S/C22H17F3N6O2/c1-12-18(19(22(23,24)25)30-31(12)11-13-6-8-27-9-7-13)29-21(33)15-10-17(20(26)32)28-16-5-3-2-4-14(15)16/h2-10H,11H2,1H3,(H2,26,32)(H,29,33). The molecule has 4 rings (SSSR count). The highest BCUT2D eigenvalue weighted by molar-refractivity contribution is 6.14. The van der Waals surface area contributed by atoms with E-state index in [2.05, 4.69) is 20.4 Å². The van der Waals surface area contributed by atoms with Crippen molar-refractivity contribution in [1.82, 2.24) is 19.7 Å². The van der Waals surface area contributed by atoms with Gasteiger partial charge in [-0.15, -0.1) is 0 Å². The summed E-state index contributed by atoms with van der Waals surface area (Å²) in [6.07, 6.45) is -1.77. The summed E-state index contributed by atoms with van der Waals surface area (Å²) in [6, 6.07) is 10.9. The molecule has 0 unspecified atom stereocenters. The SMILES string of the molecule is Cc1c(NC(=O)c2cc(C(N)=O)nc3ccccc23)c(C(F)(F)F)nn1Cc1ccncc1. The molecule has 0 atom stereocenters. The van der Waals surface area contributed by atoms with Gasteiger partial charge in [-0.25, -0.2) is 4.98 Å². The molecular weight excluding hydrogens is 437 g/mol. The second kappa shape index (κ2) is 8.34. The van der Waals surface area contributed by atoms with Crippen LogP contribution in [0.3, 0.4) is 0 Å². The maximum absolute atomic E-state index is 13.7. The van der Waals surface area contributed by atoms with Crippen LogP contribution in [-0.2, 0) is 12.7 Å². The number of hydrogen-bond donors (Lipinski definition) is 2. The predicted octanol–water partition coefficient (Wildman–Crippen LogP) is 3.55. The molecule has 3 N–H and O–H groups in total. The molecule has 0 fully saturated rings. The third kappa shape index (κ3) is 4.38. The van der Waals surface area contributed by atoms with Crippen molar-refractivity contribution in [1.29, 1.82) is 0 Å². The van der Waals surface area contributed by atoms with Crippen molar-refractivity contribution in [2.45, 2.75) is 19.6 Å². The summed E-state index contributed by atoms with van der Waals surface area (Å²) in [5.74, 6) is -1.72. The van der Waals surface area contributed by atoms with Crippen LogP contribution < -0.4 is 11.1 Å². The lowest BCUT2D eigenvalue weighted by molar-refractivity contribution is -0.140. The first-order chi connectivity index (χ1) is 15.6. The molecule has 1 aromatic carbocycles. The highest BCUT2D eigenvalue weighted by atomic mass is 19.4. The molecule has 0 saturated heterocycles. The van der Waals surface area contributed by atoms with Crippen LogP contribution in [0.5, 0.6) is 0 Å². The molecule has 0 bridgehead atoms. The number of carbonyl (C=O) groups excluding carboxylic acids is 2. The lowest BCUT2D eigenvalue weighted by atomic mass is 10.1. The van der Waals surface area contributed by atoms with Gasteiger partial charge in [0.1, 0.15) is 5.69 Å². The van der Waals surface area contributed by atoms with Crippen LogP contribution >= 0.6 is 0 Å². The van der Waals surface area contributed by atoms with Gasteiger partial charge in [0.05, 0.1) is 29.0 Å². The summed E-state index contributed by atoms with van der Waals surface area (Å²) in [5.41, 5.74) is 4.50. The van der Waals surface area contributed by atoms with Gasteiger partial charge in [-0.1, -0.05) is 18.2 Å². The Morgan fingerprint density at radius 2 is 1.82 bits per heavy atom. The van der Waals surface area contributed by atoms with Crippen molar-refractivity contribution in [2.75, 3.05) is 5.32 Å². The van der Waals surface area contributed by atoms with E-state index >= 15 is 0 Å². The Labute approximate surface area is 185 Å². The highest BCUT2D eigenvalue weighted by Gasteiger charge is 2.39. The molecule has 2 amide bonds. The average molecular weight is 454 g/mol. The number of halogens is 3. The molecule has 4 aromatic rings. The Hall–Kier alpha value is -4.28. The van der Waals surface area contributed by atoms with Crippen molar-refractivity contribution >= 4 is 28.4 Å². The molecule has 11 heteroatoms. The van der Waals surface area contributed by atoms with Crippen LogP contribution in [0.25, 0.3) is 10.9 Å². The fraction of sp³-hybridized carbons (Fsp3) is 0.136. The van der Waals surface area contributed by atoms with Gasteiger partial charge in [0.2, 0.25) is 0 Å². The van der Waals surface area contributed by atoms with E-state index in [0.717, 1.165) is 10.7 Å². The third-order valence-corrected chi connectivity index (χ3v) is 5.01. The quantitative estimate of drug-likeness (QED) is 0.479. The van der Waals surface area contributed by atoms with Crippen molar-refractivity contribution in [3.63, 3.8) is 0 Å². The normalized spacial score (nSPS) is 11.5. The lowest BCUT2D eigenvalue weighted by Gasteiger charge is -2.11. The van der Waals surface area contributed by atoms with Gasteiger partial charge in [0.25, 0.3) is 11.8 Å². The first kappa shape index (κ1) is 21.9. The van der Waals surface area contributed by atoms with E-state index < -0.39 is 29.4 Å². The number of amides is 2. The van der Waals surface area contributed by atoms with Crippen molar-refractivity contribution in [3.8, 4) is 0 Å². The Balaban J connectivity index is 1.78. The summed E-state index contributed by atoms with van der Waals surface area (Å²) >= 11 is 0. The Kier molecular flexibility index (Phi) is 5.54. The van der Waals surface area contributed by atoms with E-state index in [9.17, 15) is 22.8 Å². The van der Waals surface area contributed by atoms with Crippen LogP contribution in [0.15, 0.2) is 54.9 Å². The number of aromatic nitrogens is 4. The predicted molar refractivity (Wildman–Crippen MR) is 114 cm³/mol. The van der Waals surface area contributed by atoms with E-state index in [1.54, 1.807) is 36.4 Å². The molecule has 8 nitrogen and oxygen atoms in total. The summed E-state index contributed by atoms with van der Waals surface area (Å²) in [7, 11) is 0. The molecule has 0 radical (unpaired) electrons. The Morgan fingerprint density at radius 3 is 2.48 bits per heavy atom. The zero-order valence-electron chi connectivity index (χ0n) is 17.2. The summed E-state index contributed by atoms with van der Waals surface area (Å²) < 4.78 is 42.4. The molecule has 0 aliphatic heterocycles. The van der Waals surface area contributed by atoms with Gasteiger partial charge in [0.15, 0.2) is 5.69 Å². The second-order valence-electron chi connectivity index (χ2n) is 7.21. The fourth-order valence-electron chi connectivity index (χ4n) is 3.38. The average Bonchev–Trinajstić information content (AvgIpc) is 3.09. The molecule has 33 heavy (non-hydrogen) atoms. The number of fused-ring (bicyclic) bond motifs is 1. The number of para-hydroxylation sites is 1. The van der Waals surface area contributed by atoms with Crippen molar-refractivity contribution < 1.29 is 22.8 Å². The number of nitrogens with one attached hydrogen (secondary N) is 1. The molecule has 168 valence electrons. The Bertz CT molecular complexity index is 1370. The number of benzene rings is 1. The van der Waals surface area contributed by atoms with Gasteiger partial charge in [-0.3, -0.25) is 19.3 Å². The number of nitrogens with two attached hydrogens (primary N) is 1. The second-order valence-corrected chi connectivity index (χ2v) is 7.21. The van der Waals surface area contributed by atoms with Gasteiger partial charge in [-0.05, 0) is 36.8 Å². The number of hydrogen-bond acceptors (Lipinski definition) is 5. The minimum Gasteiger partial charge on any atom is -0.364 e. The number of pyridine rings is 2. The van der Waals surface area contributed by atoms with Gasteiger partial charge >= 0.3 is 6.18 Å². The van der Waals surface area contributed by atoms with Gasteiger partial charge in [-0.2, -0.15) is 18.3 Å². The molecule has 3 aromatic heterocycles. The summed E-state index contributed by atoms with van der Waals surface area (Å²) in [6.45, 7) is 1.48. The van der Waals surface area contributed by atoms with Crippen molar-refractivity contribution in [3.05, 3.63) is 83.1 Å². The minimum atomic E-state index is -4.81. The topological polar surface area (TPSA) is 116 Å². The Morgan fingerprint density at radius 1 is 1.12 bits per heavy atom. The van der Waals surface area contributed by atoms with E-state index in [-0.39, 0.29) is 23.5 Å². The van der Waals surface area contributed by atoms with Crippen LogP contribution in [0.4, 0.5) is 18.9 Å². The monoisotopic (exact) mass is 454 g/mol. The molecule has 0 aliphatic rings. The maximum Gasteiger partial charge on any atom is 0.437 e. The summed E-state index contributed by atoms with van der Waals surface area (Å²) in [5, 5.41) is 6.39. The zero-order chi connectivity index (χ0) is 23.8. The highest BCUT2D eigenvalue weighted by Crippen LogP contribution is 2.36. The fourth-order valence-corrected chi connectivity index (χ4v) is 3.38. The number of nitrogens with zero attached hydrogens (tertiary/aromatic N) is 4. The molecular formula is C22H17F3N6O2. The van der Waals surface area contributed by atoms with E-state index in [1.807, 2.05) is 0 Å². The summed E-state index contributed by atoms with van der Waals surface area (Å²) in [4.78, 5) is 32.7. The van der Waals surface area contributed by atoms with E-state index in [4.69, 9.17) is 5.73 Å². The third-order valence-electron chi connectivity index (χ3n) is 5.01. The lowest BCUT2D eigenvalue weighted by Crippen LogP contribution is -2.19. The smallest absolute Gasteiger partial charge is 0.364 e. The largest absolute Gasteiger partial charge is 0.437 e. The molecule has 0 aliphatic carbocycles. The van der Waals surface area contributed by atoms with E-state index in [1.165, 1.54) is 19.3 Å². The first-order valence-electron chi connectivity index (χ1n) is 9.69. The van der Waals surface area contributed by atoms with Crippen LogP contribution in [0, 0.1) is 6.92 Å². The molecule has 0 spiro atoms. The molecule has 3 heterocycles. The maximum atomic E-state index is 13.7. The molecule has 0 saturated carbocycles. The number of alkyl halides is 3. The van der Waals surface area contributed by atoms with E-state index in [0.29, 0.717) is 16.5 Å². The number of primary amides is 1. The van der Waals surface area contributed by atoms with Crippen LogP contribution in [0.1, 0.15) is 37.8 Å². The minimum absolute atomic E-state index is 0.0381. The van der Waals surface area contributed by atoms with Crippen molar-refractivity contribution in [2.24, 2.45) is 5.73 Å². The zero-order valence-corrected chi connectivity index (χ0v) is 17.2. The first-order valence-corrected chi connectivity index (χ1v) is 9.69. The van der Waals surface area contributed by atoms with Gasteiger partial charge < -0.3 is 11.1 Å². The van der Waals surface area contributed by atoms with Gasteiger partial charge in [0, 0.05) is 17.8 Å². The number of anilines is 1. The number of rotatable bonds is 5.